The molecule has 0 unspecified atom stereocenters. The SMILES string of the molecule is CC(C)N1CCN([C@@H](C)C(=O)NC2CC2)CC1. The number of amides is 1. The molecular formula is C13H25N3O. The second kappa shape index (κ2) is 5.36. The van der Waals surface area contributed by atoms with Crippen LogP contribution in [0, 0.1) is 0 Å². The molecule has 1 aliphatic heterocycles. The van der Waals surface area contributed by atoms with E-state index < -0.39 is 0 Å². The summed E-state index contributed by atoms with van der Waals surface area (Å²) >= 11 is 0. The first kappa shape index (κ1) is 12.8. The molecule has 98 valence electrons. The van der Waals surface area contributed by atoms with Gasteiger partial charge in [-0.1, -0.05) is 0 Å². The Morgan fingerprint density at radius 2 is 1.59 bits per heavy atom. The lowest BCUT2D eigenvalue weighted by Crippen LogP contribution is -2.55. The quantitative estimate of drug-likeness (QED) is 0.783. The number of nitrogens with one attached hydrogen (secondary N) is 1. The van der Waals surface area contributed by atoms with Gasteiger partial charge in [0.2, 0.25) is 5.91 Å². The second-order valence-electron chi connectivity index (χ2n) is 5.62. The molecule has 0 bridgehead atoms. The summed E-state index contributed by atoms with van der Waals surface area (Å²) in [7, 11) is 0. The third-order valence-corrected chi connectivity index (χ3v) is 3.93. The molecular weight excluding hydrogens is 214 g/mol. The number of carbonyl (C=O) groups is 1. The lowest BCUT2D eigenvalue weighted by molar-refractivity contribution is -0.126. The fraction of sp³-hybridized carbons (Fsp3) is 0.923. The Morgan fingerprint density at radius 3 is 2.06 bits per heavy atom. The van der Waals surface area contributed by atoms with Crippen molar-refractivity contribution in [3.05, 3.63) is 0 Å². The van der Waals surface area contributed by atoms with Gasteiger partial charge in [0.1, 0.15) is 0 Å². The van der Waals surface area contributed by atoms with Crippen LogP contribution in [0.15, 0.2) is 0 Å². The van der Waals surface area contributed by atoms with E-state index in [2.05, 4.69) is 29.0 Å². The summed E-state index contributed by atoms with van der Waals surface area (Å²) in [6.07, 6.45) is 2.33. The molecule has 1 atom stereocenters. The summed E-state index contributed by atoms with van der Waals surface area (Å²) in [6.45, 7) is 10.7. The second-order valence-corrected chi connectivity index (χ2v) is 5.62. The topological polar surface area (TPSA) is 35.6 Å². The highest BCUT2D eigenvalue weighted by molar-refractivity contribution is 5.81. The van der Waals surface area contributed by atoms with Crippen LogP contribution in [0.3, 0.4) is 0 Å². The monoisotopic (exact) mass is 239 g/mol. The van der Waals surface area contributed by atoms with Crippen molar-refractivity contribution in [2.24, 2.45) is 0 Å². The van der Waals surface area contributed by atoms with Gasteiger partial charge in [-0.05, 0) is 33.6 Å². The number of nitrogens with zero attached hydrogens (tertiary/aromatic N) is 2. The van der Waals surface area contributed by atoms with E-state index in [4.69, 9.17) is 0 Å². The Hall–Kier alpha value is -0.610. The highest BCUT2D eigenvalue weighted by Crippen LogP contribution is 2.19. The van der Waals surface area contributed by atoms with E-state index in [1.54, 1.807) is 0 Å². The van der Waals surface area contributed by atoms with Crippen molar-refractivity contribution in [3.63, 3.8) is 0 Å². The maximum atomic E-state index is 11.9. The Bertz CT molecular complexity index is 268. The van der Waals surface area contributed by atoms with Gasteiger partial charge in [-0.2, -0.15) is 0 Å². The minimum Gasteiger partial charge on any atom is -0.352 e. The molecule has 2 rings (SSSR count). The van der Waals surface area contributed by atoms with Gasteiger partial charge in [-0.3, -0.25) is 14.6 Å². The summed E-state index contributed by atoms with van der Waals surface area (Å²) in [5.41, 5.74) is 0. The predicted molar refractivity (Wildman–Crippen MR) is 68.9 cm³/mol. The van der Waals surface area contributed by atoms with Crippen molar-refractivity contribution in [3.8, 4) is 0 Å². The third-order valence-electron chi connectivity index (χ3n) is 3.93. The van der Waals surface area contributed by atoms with Crippen molar-refractivity contribution < 1.29 is 4.79 Å². The fourth-order valence-corrected chi connectivity index (χ4v) is 2.36. The first-order chi connectivity index (χ1) is 8.08. The smallest absolute Gasteiger partial charge is 0.237 e. The number of carbonyl (C=O) groups excluding carboxylic acids is 1. The van der Waals surface area contributed by atoms with E-state index in [1.165, 1.54) is 12.8 Å². The summed E-state index contributed by atoms with van der Waals surface area (Å²) in [5, 5.41) is 3.09. The summed E-state index contributed by atoms with van der Waals surface area (Å²) in [4.78, 5) is 16.7. The van der Waals surface area contributed by atoms with Gasteiger partial charge in [-0.15, -0.1) is 0 Å². The molecule has 1 saturated carbocycles. The molecule has 0 aromatic rings. The first-order valence-electron chi connectivity index (χ1n) is 6.86. The van der Waals surface area contributed by atoms with Crippen LogP contribution in [-0.4, -0.2) is 60.0 Å². The lowest BCUT2D eigenvalue weighted by Gasteiger charge is -2.39. The maximum absolute atomic E-state index is 11.9. The number of piperazine rings is 1. The van der Waals surface area contributed by atoms with E-state index in [-0.39, 0.29) is 11.9 Å². The van der Waals surface area contributed by atoms with Gasteiger partial charge in [0.05, 0.1) is 6.04 Å². The van der Waals surface area contributed by atoms with E-state index in [9.17, 15) is 4.79 Å². The molecule has 17 heavy (non-hydrogen) atoms. The van der Waals surface area contributed by atoms with Gasteiger partial charge in [0.25, 0.3) is 0 Å². The number of rotatable bonds is 4. The van der Waals surface area contributed by atoms with Crippen molar-refractivity contribution in [2.75, 3.05) is 26.2 Å². The first-order valence-corrected chi connectivity index (χ1v) is 6.86. The predicted octanol–water partition coefficient (Wildman–Crippen LogP) is 0.680. The van der Waals surface area contributed by atoms with Crippen LogP contribution in [0.2, 0.25) is 0 Å². The molecule has 0 radical (unpaired) electrons. The Kier molecular flexibility index (Phi) is 4.05. The molecule has 2 aliphatic rings. The molecule has 0 spiro atoms. The van der Waals surface area contributed by atoms with E-state index in [0.717, 1.165) is 26.2 Å². The van der Waals surface area contributed by atoms with Crippen LogP contribution in [0.1, 0.15) is 33.6 Å². The molecule has 1 saturated heterocycles. The van der Waals surface area contributed by atoms with Crippen LogP contribution >= 0.6 is 0 Å². The third kappa shape index (κ3) is 3.42. The molecule has 0 aromatic heterocycles. The maximum Gasteiger partial charge on any atom is 0.237 e. The van der Waals surface area contributed by atoms with Gasteiger partial charge in [-0.25, -0.2) is 0 Å². The molecule has 4 heteroatoms. The molecule has 2 fully saturated rings. The van der Waals surface area contributed by atoms with Gasteiger partial charge >= 0.3 is 0 Å². The summed E-state index contributed by atoms with van der Waals surface area (Å²) in [5.74, 6) is 0.213. The normalized spacial score (nSPS) is 24.9. The van der Waals surface area contributed by atoms with Crippen LogP contribution in [0.25, 0.3) is 0 Å². The standard InChI is InChI=1S/C13H25N3O/c1-10(2)15-6-8-16(9-7-15)11(3)13(17)14-12-4-5-12/h10-12H,4-9H2,1-3H3,(H,14,17)/t11-/m0/s1. The van der Waals surface area contributed by atoms with Crippen LogP contribution < -0.4 is 5.32 Å². The molecule has 0 aromatic carbocycles. The van der Waals surface area contributed by atoms with Crippen LogP contribution in [0.4, 0.5) is 0 Å². The highest BCUT2D eigenvalue weighted by atomic mass is 16.2. The van der Waals surface area contributed by atoms with Crippen molar-refractivity contribution >= 4 is 5.91 Å². The molecule has 1 N–H and O–H groups in total. The van der Waals surface area contributed by atoms with Crippen LogP contribution in [0.5, 0.6) is 0 Å². The van der Waals surface area contributed by atoms with E-state index >= 15 is 0 Å². The zero-order chi connectivity index (χ0) is 12.4. The largest absolute Gasteiger partial charge is 0.352 e. The van der Waals surface area contributed by atoms with Gasteiger partial charge in [0.15, 0.2) is 0 Å². The lowest BCUT2D eigenvalue weighted by atomic mass is 10.2. The highest BCUT2D eigenvalue weighted by Gasteiger charge is 2.30. The van der Waals surface area contributed by atoms with E-state index in [0.29, 0.717) is 12.1 Å². The van der Waals surface area contributed by atoms with E-state index in [1.807, 2.05) is 6.92 Å². The van der Waals surface area contributed by atoms with Crippen LogP contribution in [-0.2, 0) is 4.79 Å². The minimum absolute atomic E-state index is 0.0323. The minimum atomic E-state index is 0.0323. The molecule has 1 heterocycles. The average Bonchev–Trinajstić information content (AvgIpc) is 3.12. The van der Waals surface area contributed by atoms with Crippen molar-refractivity contribution in [1.82, 2.24) is 15.1 Å². The summed E-state index contributed by atoms with van der Waals surface area (Å²) < 4.78 is 0. The number of hydrogen-bond acceptors (Lipinski definition) is 3. The molecule has 4 nitrogen and oxygen atoms in total. The average molecular weight is 239 g/mol. The molecule has 1 amide bonds. The van der Waals surface area contributed by atoms with Gasteiger partial charge < -0.3 is 5.32 Å². The summed E-state index contributed by atoms with van der Waals surface area (Å²) in [6, 6.07) is 1.12. The zero-order valence-corrected chi connectivity index (χ0v) is 11.3. The Balaban J connectivity index is 1.76. The van der Waals surface area contributed by atoms with Crippen molar-refractivity contribution in [2.45, 2.75) is 51.7 Å². The molecule has 1 aliphatic carbocycles. The zero-order valence-electron chi connectivity index (χ0n) is 11.3. The van der Waals surface area contributed by atoms with Crippen molar-refractivity contribution in [1.29, 1.82) is 0 Å². The fourth-order valence-electron chi connectivity index (χ4n) is 2.36. The Labute approximate surface area is 104 Å². The Morgan fingerprint density at radius 1 is 1.06 bits per heavy atom. The number of hydrogen-bond donors (Lipinski definition) is 1. The van der Waals surface area contributed by atoms with Gasteiger partial charge in [0, 0.05) is 38.3 Å².